The molecule has 2 amide bonds. The summed E-state index contributed by atoms with van der Waals surface area (Å²) in [4.78, 5) is 34.1. The normalized spacial score (nSPS) is 13.4. The van der Waals surface area contributed by atoms with Crippen LogP contribution in [0.4, 0.5) is 5.69 Å². The molecule has 0 bridgehead atoms. The third-order valence-corrected chi connectivity index (χ3v) is 2.95. The van der Waals surface area contributed by atoms with Gasteiger partial charge in [0.15, 0.2) is 6.61 Å². The SMILES string of the molecule is CNC(=O)COC(=O)c1ccc(NC(=O)C2CC2)cc1. The number of likely N-dealkylation sites (N-methyl/N-ethyl adjacent to an activating group) is 1. The summed E-state index contributed by atoms with van der Waals surface area (Å²) < 4.78 is 4.81. The zero-order chi connectivity index (χ0) is 14.5. The maximum absolute atomic E-state index is 11.6. The lowest BCUT2D eigenvalue weighted by atomic mass is 10.2. The number of benzene rings is 1. The number of rotatable bonds is 5. The van der Waals surface area contributed by atoms with Crippen molar-refractivity contribution in [2.24, 2.45) is 5.92 Å². The molecule has 2 N–H and O–H groups in total. The van der Waals surface area contributed by atoms with Gasteiger partial charge in [0.05, 0.1) is 5.56 Å². The van der Waals surface area contributed by atoms with Crippen LogP contribution < -0.4 is 10.6 Å². The second-order valence-corrected chi connectivity index (χ2v) is 4.59. The summed E-state index contributed by atoms with van der Waals surface area (Å²) in [6.07, 6.45) is 1.88. The van der Waals surface area contributed by atoms with Gasteiger partial charge in [0.25, 0.3) is 5.91 Å². The summed E-state index contributed by atoms with van der Waals surface area (Å²) in [5, 5.41) is 5.13. The predicted molar refractivity (Wildman–Crippen MR) is 72.1 cm³/mol. The Labute approximate surface area is 116 Å². The van der Waals surface area contributed by atoms with Crippen LogP contribution in [0.1, 0.15) is 23.2 Å². The number of hydrogen-bond donors (Lipinski definition) is 2. The lowest BCUT2D eigenvalue weighted by Gasteiger charge is -2.06. The van der Waals surface area contributed by atoms with Crippen LogP contribution in [-0.4, -0.2) is 31.4 Å². The molecule has 0 spiro atoms. The van der Waals surface area contributed by atoms with E-state index in [4.69, 9.17) is 4.74 Å². The van der Waals surface area contributed by atoms with E-state index in [1.165, 1.54) is 7.05 Å². The highest BCUT2D eigenvalue weighted by atomic mass is 16.5. The third kappa shape index (κ3) is 3.81. The van der Waals surface area contributed by atoms with Crippen LogP contribution in [0.2, 0.25) is 0 Å². The van der Waals surface area contributed by atoms with Gasteiger partial charge in [-0.15, -0.1) is 0 Å². The van der Waals surface area contributed by atoms with Crippen molar-refractivity contribution in [3.8, 4) is 0 Å². The van der Waals surface area contributed by atoms with E-state index in [1.807, 2.05) is 0 Å². The molecule has 0 aromatic heterocycles. The minimum atomic E-state index is -0.575. The zero-order valence-electron chi connectivity index (χ0n) is 11.1. The first-order chi connectivity index (χ1) is 9.60. The fourth-order valence-corrected chi connectivity index (χ4v) is 1.57. The summed E-state index contributed by atoms with van der Waals surface area (Å²) in [5.74, 6) is -0.799. The number of amides is 2. The number of ether oxygens (including phenoxy) is 1. The first-order valence-corrected chi connectivity index (χ1v) is 6.39. The lowest BCUT2D eigenvalue weighted by molar-refractivity contribution is -0.123. The second-order valence-electron chi connectivity index (χ2n) is 4.59. The number of esters is 1. The zero-order valence-corrected chi connectivity index (χ0v) is 11.1. The first-order valence-electron chi connectivity index (χ1n) is 6.39. The molecule has 0 atom stereocenters. The molecule has 2 rings (SSSR count). The van der Waals surface area contributed by atoms with E-state index in [1.54, 1.807) is 24.3 Å². The van der Waals surface area contributed by atoms with Crippen LogP contribution in [0.15, 0.2) is 24.3 Å². The topological polar surface area (TPSA) is 84.5 Å². The summed E-state index contributed by atoms with van der Waals surface area (Å²) in [5.41, 5.74) is 0.975. The Balaban J connectivity index is 1.88. The Morgan fingerprint density at radius 1 is 1.20 bits per heavy atom. The van der Waals surface area contributed by atoms with Gasteiger partial charge in [-0.2, -0.15) is 0 Å². The highest BCUT2D eigenvalue weighted by Gasteiger charge is 2.29. The predicted octanol–water partition coefficient (Wildman–Crippen LogP) is 0.938. The van der Waals surface area contributed by atoms with Crippen molar-refractivity contribution in [2.75, 3.05) is 19.0 Å². The molecular formula is C14H16N2O4. The van der Waals surface area contributed by atoms with E-state index in [0.29, 0.717) is 11.3 Å². The first kappa shape index (κ1) is 14.0. The van der Waals surface area contributed by atoms with Crippen LogP contribution in [0, 0.1) is 5.92 Å². The molecule has 6 nitrogen and oxygen atoms in total. The molecule has 0 aliphatic heterocycles. The van der Waals surface area contributed by atoms with Crippen LogP contribution in [0.3, 0.4) is 0 Å². The van der Waals surface area contributed by atoms with Gasteiger partial charge < -0.3 is 15.4 Å². The second kappa shape index (κ2) is 6.18. The standard InChI is InChI=1S/C14H16N2O4/c1-15-12(17)8-20-14(19)10-4-6-11(7-5-10)16-13(18)9-2-3-9/h4-7,9H,2-3,8H2,1H3,(H,15,17)(H,16,18). The van der Waals surface area contributed by atoms with Crippen LogP contribution in [0.25, 0.3) is 0 Å². The number of hydrogen-bond acceptors (Lipinski definition) is 4. The monoisotopic (exact) mass is 276 g/mol. The molecule has 6 heteroatoms. The molecule has 106 valence electrons. The minimum Gasteiger partial charge on any atom is -0.452 e. The van der Waals surface area contributed by atoms with Gasteiger partial charge in [-0.05, 0) is 37.1 Å². The van der Waals surface area contributed by atoms with Crippen molar-refractivity contribution >= 4 is 23.5 Å². The van der Waals surface area contributed by atoms with Gasteiger partial charge in [0.2, 0.25) is 5.91 Å². The fraction of sp³-hybridized carbons (Fsp3) is 0.357. The Bertz CT molecular complexity index is 520. The molecule has 0 saturated heterocycles. The van der Waals surface area contributed by atoms with Crippen molar-refractivity contribution in [3.05, 3.63) is 29.8 Å². The summed E-state index contributed by atoms with van der Waals surface area (Å²) in [7, 11) is 1.47. The van der Waals surface area contributed by atoms with E-state index < -0.39 is 5.97 Å². The van der Waals surface area contributed by atoms with E-state index in [2.05, 4.69) is 10.6 Å². The van der Waals surface area contributed by atoms with Crippen molar-refractivity contribution in [1.29, 1.82) is 0 Å². The van der Waals surface area contributed by atoms with Crippen LogP contribution in [-0.2, 0) is 14.3 Å². The molecule has 0 radical (unpaired) electrons. The largest absolute Gasteiger partial charge is 0.452 e. The van der Waals surface area contributed by atoms with Gasteiger partial charge in [-0.1, -0.05) is 0 Å². The molecule has 20 heavy (non-hydrogen) atoms. The number of carbonyl (C=O) groups is 3. The van der Waals surface area contributed by atoms with Gasteiger partial charge in [-0.3, -0.25) is 9.59 Å². The highest BCUT2D eigenvalue weighted by molar-refractivity contribution is 5.95. The number of nitrogens with one attached hydrogen (secondary N) is 2. The van der Waals surface area contributed by atoms with Crippen LogP contribution in [0.5, 0.6) is 0 Å². The molecule has 1 aromatic carbocycles. The lowest BCUT2D eigenvalue weighted by Crippen LogP contribution is -2.25. The Kier molecular flexibility index (Phi) is 4.34. The summed E-state index contributed by atoms with van der Waals surface area (Å²) in [6, 6.07) is 6.37. The molecule has 0 heterocycles. The Morgan fingerprint density at radius 3 is 2.40 bits per heavy atom. The fourth-order valence-electron chi connectivity index (χ4n) is 1.57. The number of carbonyl (C=O) groups excluding carboxylic acids is 3. The van der Waals surface area contributed by atoms with E-state index in [-0.39, 0.29) is 24.3 Å². The number of anilines is 1. The molecular weight excluding hydrogens is 260 g/mol. The molecule has 1 aliphatic rings. The van der Waals surface area contributed by atoms with Crippen molar-refractivity contribution in [3.63, 3.8) is 0 Å². The Hall–Kier alpha value is -2.37. The van der Waals surface area contributed by atoms with Crippen molar-refractivity contribution in [2.45, 2.75) is 12.8 Å². The van der Waals surface area contributed by atoms with Crippen LogP contribution >= 0.6 is 0 Å². The van der Waals surface area contributed by atoms with Crippen molar-refractivity contribution in [1.82, 2.24) is 5.32 Å². The van der Waals surface area contributed by atoms with E-state index in [0.717, 1.165) is 12.8 Å². The molecule has 0 unspecified atom stereocenters. The Morgan fingerprint density at radius 2 is 1.85 bits per heavy atom. The molecule has 1 aromatic rings. The van der Waals surface area contributed by atoms with E-state index >= 15 is 0 Å². The minimum absolute atomic E-state index is 0.0138. The molecule has 1 saturated carbocycles. The van der Waals surface area contributed by atoms with Gasteiger partial charge >= 0.3 is 5.97 Å². The highest BCUT2D eigenvalue weighted by Crippen LogP contribution is 2.30. The van der Waals surface area contributed by atoms with Gasteiger partial charge in [0, 0.05) is 18.7 Å². The smallest absolute Gasteiger partial charge is 0.338 e. The average Bonchev–Trinajstić information content (AvgIpc) is 3.29. The maximum atomic E-state index is 11.6. The maximum Gasteiger partial charge on any atom is 0.338 e. The molecule has 1 aliphatic carbocycles. The van der Waals surface area contributed by atoms with E-state index in [9.17, 15) is 14.4 Å². The average molecular weight is 276 g/mol. The van der Waals surface area contributed by atoms with Crippen molar-refractivity contribution < 1.29 is 19.1 Å². The quantitative estimate of drug-likeness (QED) is 0.784. The molecule has 1 fully saturated rings. The third-order valence-electron chi connectivity index (χ3n) is 2.95. The van der Waals surface area contributed by atoms with Gasteiger partial charge in [0.1, 0.15) is 0 Å². The summed E-state index contributed by atoms with van der Waals surface area (Å²) >= 11 is 0. The summed E-state index contributed by atoms with van der Waals surface area (Å²) in [6.45, 7) is -0.310. The van der Waals surface area contributed by atoms with Gasteiger partial charge in [-0.25, -0.2) is 4.79 Å².